The summed E-state index contributed by atoms with van der Waals surface area (Å²) in [5.74, 6) is 0.0866. The first-order chi connectivity index (χ1) is 6.15. The lowest BCUT2D eigenvalue weighted by molar-refractivity contribution is -0.124. The summed E-state index contributed by atoms with van der Waals surface area (Å²) in [4.78, 5) is 15.0. The summed E-state index contributed by atoms with van der Waals surface area (Å²) in [6, 6.07) is -0.371. The fraction of sp³-hybridized carbons (Fsp3) is 0.571. The average molecular weight is 183 g/mol. The maximum absolute atomic E-state index is 11.3. The fourth-order valence-electron chi connectivity index (χ4n) is 0.917. The molecule has 0 radical (unpaired) electrons. The van der Waals surface area contributed by atoms with E-state index in [1.807, 2.05) is 6.92 Å². The molecule has 6 heteroatoms. The highest BCUT2D eigenvalue weighted by Crippen LogP contribution is 2.03. The third-order valence-electron chi connectivity index (χ3n) is 1.65. The Balaban J connectivity index is 2.67. The number of nitrogens with one attached hydrogen (secondary N) is 1. The molecule has 0 aromatic carbocycles. The predicted octanol–water partition coefficient (Wildman–Crippen LogP) is -0.443. The summed E-state index contributed by atoms with van der Waals surface area (Å²) in [6.07, 6.45) is 1.44. The molecule has 1 unspecified atom stereocenters. The minimum atomic E-state index is -0.371. The average Bonchev–Trinajstić information content (AvgIpc) is 2.51. The van der Waals surface area contributed by atoms with Crippen molar-refractivity contribution in [2.75, 3.05) is 12.3 Å². The van der Waals surface area contributed by atoms with Gasteiger partial charge in [0.25, 0.3) is 0 Å². The number of anilines is 1. The number of aromatic nitrogens is 3. The van der Waals surface area contributed by atoms with E-state index in [4.69, 9.17) is 5.73 Å². The van der Waals surface area contributed by atoms with Crippen molar-refractivity contribution in [3.05, 3.63) is 6.33 Å². The maximum atomic E-state index is 11.3. The van der Waals surface area contributed by atoms with Gasteiger partial charge in [0.2, 0.25) is 11.9 Å². The van der Waals surface area contributed by atoms with Crippen molar-refractivity contribution in [1.29, 1.82) is 0 Å². The molecule has 0 spiro atoms. The Kier molecular flexibility index (Phi) is 2.84. The molecule has 0 aliphatic heterocycles. The summed E-state index contributed by atoms with van der Waals surface area (Å²) in [6.45, 7) is 4.20. The van der Waals surface area contributed by atoms with Gasteiger partial charge < -0.3 is 11.1 Å². The zero-order chi connectivity index (χ0) is 9.84. The topological polar surface area (TPSA) is 85.8 Å². The normalized spacial score (nSPS) is 12.5. The minimum Gasteiger partial charge on any atom is -0.367 e. The van der Waals surface area contributed by atoms with Crippen LogP contribution in [0.25, 0.3) is 0 Å². The molecule has 3 N–H and O–H groups in total. The lowest BCUT2D eigenvalue weighted by Gasteiger charge is -2.09. The largest absolute Gasteiger partial charge is 0.367 e. The predicted molar refractivity (Wildman–Crippen MR) is 47.8 cm³/mol. The molecule has 1 rings (SSSR count). The van der Waals surface area contributed by atoms with E-state index in [0.717, 1.165) is 0 Å². The third kappa shape index (κ3) is 2.17. The number of likely N-dealkylation sites (N-methyl/N-ethyl adjacent to an activating group) is 1. The number of rotatable bonds is 3. The number of hydrogen-bond acceptors (Lipinski definition) is 4. The molecule has 6 nitrogen and oxygen atoms in total. The molecule has 1 heterocycles. The molecular formula is C7H13N5O. The summed E-state index contributed by atoms with van der Waals surface area (Å²) in [7, 11) is 0. The van der Waals surface area contributed by atoms with Crippen LogP contribution in [0.5, 0.6) is 0 Å². The number of amides is 1. The van der Waals surface area contributed by atoms with Crippen LogP contribution in [0.15, 0.2) is 6.33 Å². The van der Waals surface area contributed by atoms with Crippen molar-refractivity contribution < 1.29 is 4.79 Å². The van der Waals surface area contributed by atoms with Gasteiger partial charge in [0.05, 0.1) is 0 Å². The Hall–Kier alpha value is -1.59. The van der Waals surface area contributed by atoms with Gasteiger partial charge in [0, 0.05) is 6.54 Å². The second kappa shape index (κ2) is 3.88. The second-order valence-corrected chi connectivity index (χ2v) is 2.65. The van der Waals surface area contributed by atoms with Crippen LogP contribution in [0, 0.1) is 0 Å². The number of carbonyl (C=O) groups excluding carboxylic acids is 1. The molecule has 0 fully saturated rings. The SMILES string of the molecule is CCNC(=O)C(C)n1cnc(N)n1. The van der Waals surface area contributed by atoms with Crippen molar-refractivity contribution in [3.8, 4) is 0 Å². The first kappa shape index (κ1) is 9.50. The van der Waals surface area contributed by atoms with Gasteiger partial charge in [0.15, 0.2) is 0 Å². The molecule has 72 valence electrons. The molecule has 0 aliphatic rings. The molecule has 0 saturated carbocycles. The van der Waals surface area contributed by atoms with Crippen LogP contribution in [0.1, 0.15) is 19.9 Å². The van der Waals surface area contributed by atoms with E-state index in [1.165, 1.54) is 11.0 Å². The van der Waals surface area contributed by atoms with E-state index >= 15 is 0 Å². The van der Waals surface area contributed by atoms with Crippen LogP contribution in [-0.2, 0) is 4.79 Å². The van der Waals surface area contributed by atoms with Gasteiger partial charge in [-0.2, -0.15) is 0 Å². The van der Waals surface area contributed by atoms with Crippen LogP contribution < -0.4 is 11.1 Å². The Morgan fingerprint density at radius 2 is 2.54 bits per heavy atom. The summed E-state index contributed by atoms with van der Waals surface area (Å²) >= 11 is 0. The fourth-order valence-corrected chi connectivity index (χ4v) is 0.917. The quantitative estimate of drug-likeness (QED) is 0.665. The van der Waals surface area contributed by atoms with Crippen molar-refractivity contribution >= 4 is 11.9 Å². The Bertz CT molecular complexity index is 295. The van der Waals surface area contributed by atoms with Gasteiger partial charge in [-0.1, -0.05) is 0 Å². The van der Waals surface area contributed by atoms with Gasteiger partial charge in [-0.15, -0.1) is 5.10 Å². The van der Waals surface area contributed by atoms with Crippen LogP contribution in [-0.4, -0.2) is 27.2 Å². The summed E-state index contributed by atoms with van der Waals surface area (Å²) in [5, 5.41) is 6.52. The highest BCUT2D eigenvalue weighted by Gasteiger charge is 2.14. The van der Waals surface area contributed by atoms with Gasteiger partial charge in [-0.05, 0) is 13.8 Å². The van der Waals surface area contributed by atoms with Crippen molar-refractivity contribution in [3.63, 3.8) is 0 Å². The zero-order valence-electron chi connectivity index (χ0n) is 7.69. The van der Waals surface area contributed by atoms with Crippen molar-refractivity contribution in [2.24, 2.45) is 0 Å². The summed E-state index contributed by atoms with van der Waals surface area (Å²) < 4.78 is 1.43. The zero-order valence-corrected chi connectivity index (χ0v) is 7.69. The molecular weight excluding hydrogens is 170 g/mol. The number of nitrogens with two attached hydrogens (primary N) is 1. The van der Waals surface area contributed by atoms with Crippen LogP contribution in [0.3, 0.4) is 0 Å². The summed E-state index contributed by atoms with van der Waals surface area (Å²) in [5.41, 5.74) is 5.32. The van der Waals surface area contributed by atoms with Crippen LogP contribution >= 0.6 is 0 Å². The molecule has 1 atom stereocenters. The first-order valence-corrected chi connectivity index (χ1v) is 4.09. The van der Waals surface area contributed by atoms with Gasteiger partial charge in [-0.3, -0.25) is 4.79 Å². The van der Waals surface area contributed by atoms with Crippen molar-refractivity contribution in [1.82, 2.24) is 20.1 Å². The van der Waals surface area contributed by atoms with Crippen LogP contribution in [0.4, 0.5) is 5.95 Å². The van der Waals surface area contributed by atoms with Gasteiger partial charge in [-0.25, -0.2) is 9.67 Å². The molecule has 1 aromatic rings. The minimum absolute atomic E-state index is 0.0904. The second-order valence-electron chi connectivity index (χ2n) is 2.65. The molecule has 0 aliphatic carbocycles. The molecule has 13 heavy (non-hydrogen) atoms. The highest BCUT2D eigenvalue weighted by atomic mass is 16.2. The highest BCUT2D eigenvalue weighted by molar-refractivity contribution is 5.79. The maximum Gasteiger partial charge on any atom is 0.244 e. The van der Waals surface area contributed by atoms with E-state index in [-0.39, 0.29) is 17.9 Å². The first-order valence-electron chi connectivity index (χ1n) is 4.09. The van der Waals surface area contributed by atoms with Gasteiger partial charge in [0.1, 0.15) is 12.4 Å². The van der Waals surface area contributed by atoms with Crippen LogP contribution in [0.2, 0.25) is 0 Å². The molecule has 1 amide bonds. The Morgan fingerprint density at radius 3 is 3.00 bits per heavy atom. The van der Waals surface area contributed by atoms with E-state index < -0.39 is 0 Å². The monoisotopic (exact) mass is 183 g/mol. The van der Waals surface area contributed by atoms with E-state index in [0.29, 0.717) is 6.54 Å². The smallest absolute Gasteiger partial charge is 0.244 e. The Labute approximate surface area is 76.1 Å². The lowest BCUT2D eigenvalue weighted by Crippen LogP contribution is -2.30. The number of nitrogens with zero attached hydrogens (tertiary/aromatic N) is 3. The molecule has 0 saturated heterocycles. The number of nitrogen functional groups attached to an aromatic ring is 1. The third-order valence-corrected chi connectivity index (χ3v) is 1.65. The van der Waals surface area contributed by atoms with E-state index in [9.17, 15) is 4.79 Å². The number of hydrogen-bond donors (Lipinski definition) is 2. The standard InChI is InChI=1S/C7H13N5O/c1-3-9-6(13)5(2)12-4-10-7(8)11-12/h4-5H,3H2,1-2H3,(H2,8,11)(H,9,13). The number of carbonyl (C=O) groups is 1. The van der Waals surface area contributed by atoms with E-state index in [1.54, 1.807) is 6.92 Å². The molecule has 1 aromatic heterocycles. The lowest BCUT2D eigenvalue weighted by atomic mass is 10.3. The van der Waals surface area contributed by atoms with Crippen molar-refractivity contribution in [2.45, 2.75) is 19.9 Å². The van der Waals surface area contributed by atoms with Gasteiger partial charge >= 0.3 is 0 Å². The van der Waals surface area contributed by atoms with E-state index in [2.05, 4.69) is 15.4 Å². The molecule has 0 bridgehead atoms. The Morgan fingerprint density at radius 1 is 1.85 bits per heavy atom.